The monoisotopic (exact) mass is 336 g/mol. The second-order valence-corrected chi connectivity index (χ2v) is 6.99. The number of furan rings is 1. The number of rotatable bonds is 4. The zero-order chi connectivity index (χ0) is 15.5. The van der Waals surface area contributed by atoms with E-state index in [2.05, 4.69) is 0 Å². The smallest absolute Gasteiger partial charge is 0.265 e. The Hall–Kier alpha value is -1.73. The summed E-state index contributed by atoms with van der Waals surface area (Å²) >= 11 is 3.01. The van der Waals surface area contributed by atoms with Crippen molar-refractivity contribution in [3.63, 3.8) is 0 Å². The van der Waals surface area contributed by atoms with E-state index in [1.165, 1.54) is 11.3 Å². The average molecular weight is 336 g/mol. The minimum absolute atomic E-state index is 0.0497. The molecule has 0 aromatic carbocycles. The SMILES string of the molecule is CN(Cc1ccco1)C(=O)[C@H]1CSCN1C(=O)c1cccs1. The van der Waals surface area contributed by atoms with E-state index in [4.69, 9.17) is 4.42 Å². The Kier molecular flexibility index (Phi) is 4.54. The second kappa shape index (κ2) is 6.58. The van der Waals surface area contributed by atoms with Gasteiger partial charge in [0.25, 0.3) is 5.91 Å². The fraction of sp³-hybridized carbons (Fsp3) is 0.333. The number of carbonyl (C=O) groups is 2. The molecule has 0 unspecified atom stereocenters. The van der Waals surface area contributed by atoms with Gasteiger partial charge in [0, 0.05) is 12.8 Å². The van der Waals surface area contributed by atoms with Crippen LogP contribution >= 0.6 is 23.1 Å². The molecule has 0 N–H and O–H groups in total. The highest BCUT2D eigenvalue weighted by Gasteiger charge is 2.37. The van der Waals surface area contributed by atoms with Gasteiger partial charge in [0.1, 0.15) is 11.8 Å². The Morgan fingerprint density at radius 3 is 2.95 bits per heavy atom. The highest BCUT2D eigenvalue weighted by Crippen LogP contribution is 2.26. The predicted octanol–water partition coefficient (Wildman–Crippen LogP) is 2.51. The maximum absolute atomic E-state index is 12.6. The third kappa shape index (κ3) is 3.05. The van der Waals surface area contributed by atoms with Gasteiger partial charge in [-0.1, -0.05) is 6.07 Å². The molecular formula is C15H16N2O3S2. The number of amides is 2. The van der Waals surface area contributed by atoms with Crippen LogP contribution in [0.1, 0.15) is 15.4 Å². The molecule has 22 heavy (non-hydrogen) atoms. The van der Waals surface area contributed by atoms with E-state index in [1.807, 2.05) is 17.5 Å². The van der Waals surface area contributed by atoms with Crippen molar-refractivity contribution in [1.29, 1.82) is 0 Å². The van der Waals surface area contributed by atoms with Gasteiger partial charge in [0.2, 0.25) is 5.91 Å². The van der Waals surface area contributed by atoms with Crippen molar-refractivity contribution in [3.8, 4) is 0 Å². The largest absolute Gasteiger partial charge is 0.467 e. The van der Waals surface area contributed by atoms with Crippen LogP contribution in [-0.2, 0) is 11.3 Å². The number of hydrogen-bond donors (Lipinski definition) is 0. The van der Waals surface area contributed by atoms with Crippen molar-refractivity contribution in [2.45, 2.75) is 12.6 Å². The van der Waals surface area contributed by atoms with Crippen LogP contribution < -0.4 is 0 Å². The standard InChI is InChI=1S/C15H16N2O3S2/c1-16(8-11-4-2-6-20-11)14(18)12-9-21-10-17(12)15(19)13-5-3-7-22-13/h2-7,12H,8-10H2,1H3/t12-/m1/s1. The molecule has 1 saturated heterocycles. The molecular weight excluding hydrogens is 320 g/mol. The van der Waals surface area contributed by atoms with Crippen LogP contribution in [0.4, 0.5) is 0 Å². The summed E-state index contributed by atoms with van der Waals surface area (Å²) in [6.07, 6.45) is 1.59. The summed E-state index contributed by atoms with van der Waals surface area (Å²) in [5.74, 6) is 1.81. The van der Waals surface area contributed by atoms with Crippen molar-refractivity contribution in [3.05, 3.63) is 46.5 Å². The van der Waals surface area contributed by atoms with Gasteiger partial charge in [0.05, 0.1) is 23.6 Å². The normalized spacial score (nSPS) is 17.7. The van der Waals surface area contributed by atoms with Crippen LogP contribution in [0.2, 0.25) is 0 Å². The lowest BCUT2D eigenvalue weighted by Gasteiger charge is -2.26. The summed E-state index contributed by atoms with van der Waals surface area (Å²) in [5.41, 5.74) is 0. The minimum atomic E-state index is -0.403. The lowest BCUT2D eigenvalue weighted by Crippen LogP contribution is -2.47. The summed E-state index contributed by atoms with van der Waals surface area (Å²) in [6.45, 7) is 0.411. The zero-order valence-corrected chi connectivity index (χ0v) is 13.7. The van der Waals surface area contributed by atoms with E-state index in [9.17, 15) is 9.59 Å². The van der Waals surface area contributed by atoms with E-state index >= 15 is 0 Å². The van der Waals surface area contributed by atoms with Crippen LogP contribution in [0.5, 0.6) is 0 Å². The Bertz CT molecular complexity index is 640. The first-order chi connectivity index (χ1) is 10.7. The van der Waals surface area contributed by atoms with Crippen molar-refractivity contribution in [2.24, 2.45) is 0 Å². The van der Waals surface area contributed by atoms with Gasteiger partial charge in [-0.05, 0) is 23.6 Å². The number of likely N-dealkylation sites (N-methyl/N-ethyl adjacent to an activating group) is 1. The summed E-state index contributed by atoms with van der Waals surface area (Å²) in [6, 6.07) is 6.87. The van der Waals surface area contributed by atoms with Gasteiger partial charge in [-0.15, -0.1) is 23.1 Å². The third-order valence-electron chi connectivity index (χ3n) is 3.51. The Morgan fingerprint density at radius 2 is 2.27 bits per heavy atom. The summed E-state index contributed by atoms with van der Waals surface area (Å²) < 4.78 is 5.27. The van der Waals surface area contributed by atoms with Crippen LogP contribution in [0.15, 0.2) is 40.3 Å². The Morgan fingerprint density at radius 1 is 1.41 bits per heavy atom. The number of thioether (sulfide) groups is 1. The van der Waals surface area contributed by atoms with Crippen molar-refractivity contribution < 1.29 is 14.0 Å². The van der Waals surface area contributed by atoms with Crippen molar-refractivity contribution in [2.75, 3.05) is 18.7 Å². The molecule has 1 atom stereocenters. The molecule has 116 valence electrons. The maximum atomic E-state index is 12.6. The molecule has 0 bridgehead atoms. The van der Waals surface area contributed by atoms with Gasteiger partial charge in [-0.3, -0.25) is 9.59 Å². The van der Waals surface area contributed by atoms with Crippen LogP contribution in [0, 0.1) is 0 Å². The van der Waals surface area contributed by atoms with Crippen LogP contribution in [0.3, 0.4) is 0 Å². The minimum Gasteiger partial charge on any atom is -0.467 e. The zero-order valence-electron chi connectivity index (χ0n) is 12.1. The molecule has 7 heteroatoms. The van der Waals surface area contributed by atoms with Gasteiger partial charge in [0.15, 0.2) is 0 Å². The lowest BCUT2D eigenvalue weighted by molar-refractivity contribution is -0.134. The number of carbonyl (C=O) groups excluding carboxylic acids is 2. The molecule has 0 aliphatic carbocycles. The van der Waals surface area contributed by atoms with Gasteiger partial charge in [-0.2, -0.15) is 0 Å². The van der Waals surface area contributed by atoms with Crippen molar-refractivity contribution >= 4 is 34.9 Å². The highest BCUT2D eigenvalue weighted by molar-refractivity contribution is 7.99. The van der Waals surface area contributed by atoms with E-state index in [0.717, 1.165) is 5.76 Å². The van der Waals surface area contributed by atoms with Crippen molar-refractivity contribution in [1.82, 2.24) is 9.80 Å². The molecule has 5 nitrogen and oxygen atoms in total. The molecule has 3 heterocycles. The fourth-order valence-corrected chi connectivity index (χ4v) is 4.18. The molecule has 0 spiro atoms. The molecule has 0 radical (unpaired) electrons. The first kappa shape index (κ1) is 15.2. The summed E-state index contributed by atoms with van der Waals surface area (Å²) in [7, 11) is 1.74. The molecule has 2 aromatic heterocycles. The first-order valence-electron chi connectivity index (χ1n) is 6.86. The van der Waals surface area contributed by atoms with Gasteiger partial charge < -0.3 is 14.2 Å². The second-order valence-electron chi connectivity index (χ2n) is 5.04. The molecule has 1 fully saturated rings. The first-order valence-corrected chi connectivity index (χ1v) is 8.90. The molecule has 1 aliphatic heterocycles. The number of thiophene rings is 1. The average Bonchev–Trinajstić information content (AvgIpc) is 3.26. The van der Waals surface area contributed by atoms with E-state index < -0.39 is 6.04 Å². The van der Waals surface area contributed by atoms with Gasteiger partial charge in [-0.25, -0.2) is 0 Å². The molecule has 2 aromatic rings. The fourth-order valence-electron chi connectivity index (χ4n) is 2.36. The van der Waals surface area contributed by atoms with E-state index in [0.29, 0.717) is 23.1 Å². The van der Waals surface area contributed by atoms with Gasteiger partial charge >= 0.3 is 0 Å². The molecule has 3 rings (SSSR count). The van der Waals surface area contributed by atoms with Crippen LogP contribution in [0.25, 0.3) is 0 Å². The summed E-state index contributed by atoms with van der Waals surface area (Å²) in [4.78, 5) is 29.1. The number of nitrogens with zero attached hydrogens (tertiary/aromatic N) is 2. The summed E-state index contributed by atoms with van der Waals surface area (Å²) in [5, 5.41) is 1.87. The quantitative estimate of drug-likeness (QED) is 0.861. The topological polar surface area (TPSA) is 53.8 Å². The van der Waals surface area contributed by atoms with E-state index in [-0.39, 0.29) is 11.8 Å². The lowest BCUT2D eigenvalue weighted by atomic mass is 10.2. The Balaban J connectivity index is 1.69. The molecule has 0 saturated carbocycles. The predicted molar refractivity (Wildman–Crippen MR) is 86.8 cm³/mol. The van der Waals surface area contributed by atoms with E-state index in [1.54, 1.807) is 47.0 Å². The molecule has 2 amide bonds. The number of hydrogen-bond acceptors (Lipinski definition) is 5. The maximum Gasteiger partial charge on any atom is 0.265 e. The third-order valence-corrected chi connectivity index (χ3v) is 5.38. The Labute approximate surface area is 136 Å². The highest BCUT2D eigenvalue weighted by atomic mass is 32.2. The molecule has 1 aliphatic rings. The van der Waals surface area contributed by atoms with Crippen LogP contribution in [-0.4, -0.2) is 46.3 Å².